The zero-order valence-corrected chi connectivity index (χ0v) is 21.9. The standard InChI is InChI=1S/C28H40N6O2/c1-32-12-7-13-34(17-16-32)28-30-24-19-26(36-3)25(35-2)18-23(24)27(31-28)29-22-10-14-33(15-11-22)20-21-8-5-4-6-9-21/h4-6,8-9,18-19,22-24H,7,10-17,20H2,1-3H3,(H,29,30,31). The Kier molecular flexibility index (Phi) is 7.92. The number of rotatable bonds is 5. The summed E-state index contributed by atoms with van der Waals surface area (Å²) in [6.45, 7) is 7.26. The van der Waals surface area contributed by atoms with Crippen LogP contribution in [-0.2, 0) is 16.0 Å². The monoisotopic (exact) mass is 492 g/mol. The summed E-state index contributed by atoms with van der Waals surface area (Å²) in [5.41, 5.74) is 1.38. The number of likely N-dealkylation sites (N-methyl/N-ethyl adjacent to an activating group) is 1. The summed E-state index contributed by atoms with van der Waals surface area (Å²) in [4.78, 5) is 17.8. The summed E-state index contributed by atoms with van der Waals surface area (Å²) in [5, 5.41) is 3.66. The van der Waals surface area contributed by atoms with Gasteiger partial charge in [-0.2, -0.15) is 0 Å². The molecule has 36 heavy (non-hydrogen) atoms. The molecule has 4 aliphatic rings. The second-order valence-electron chi connectivity index (χ2n) is 10.2. The van der Waals surface area contributed by atoms with Crippen molar-refractivity contribution in [1.82, 2.24) is 20.0 Å². The number of methoxy groups -OCH3 is 2. The van der Waals surface area contributed by atoms with Crippen LogP contribution in [0.2, 0.25) is 0 Å². The predicted octanol–water partition coefficient (Wildman–Crippen LogP) is 2.71. The fourth-order valence-corrected chi connectivity index (χ4v) is 5.53. The molecule has 0 spiro atoms. The van der Waals surface area contributed by atoms with Gasteiger partial charge in [0.25, 0.3) is 0 Å². The van der Waals surface area contributed by atoms with E-state index in [1.807, 2.05) is 0 Å². The van der Waals surface area contributed by atoms with Gasteiger partial charge in [-0.3, -0.25) is 9.89 Å². The van der Waals surface area contributed by atoms with Crippen molar-refractivity contribution in [2.75, 3.05) is 60.5 Å². The van der Waals surface area contributed by atoms with Crippen molar-refractivity contribution in [1.29, 1.82) is 0 Å². The third kappa shape index (κ3) is 5.76. The lowest BCUT2D eigenvalue weighted by Crippen LogP contribution is -2.54. The lowest BCUT2D eigenvalue weighted by molar-refractivity contribution is 0.205. The first-order valence-electron chi connectivity index (χ1n) is 13.3. The molecular weight excluding hydrogens is 452 g/mol. The molecule has 2 atom stereocenters. The van der Waals surface area contributed by atoms with Crippen LogP contribution in [0.15, 0.2) is 64.0 Å². The maximum atomic E-state index is 5.64. The maximum Gasteiger partial charge on any atom is 0.200 e. The highest BCUT2D eigenvalue weighted by Gasteiger charge is 2.36. The average Bonchev–Trinajstić information content (AvgIpc) is 3.14. The summed E-state index contributed by atoms with van der Waals surface area (Å²) in [6, 6.07) is 11.0. The van der Waals surface area contributed by atoms with E-state index in [9.17, 15) is 0 Å². The van der Waals surface area contributed by atoms with Crippen LogP contribution >= 0.6 is 0 Å². The number of hydrogen-bond acceptors (Lipinski definition) is 7. The largest absolute Gasteiger partial charge is 0.493 e. The predicted molar refractivity (Wildman–Crippen MR) is 144 cm³/mol. The van der Waals surface area contributed by atoms with Crippen LogP contribution in [0.1, 0.15) is 24.8 Å². The number of hydrogen-bond donors (Lipinski definition) is 1. The van der Waals surface area contributed by atoms with Crippen molar-refractivity contribution in [3.63, 3.8) is 0 Å². The van der Waals surface area contributed by atoms with E-state index in [-0.39, 0.29) is 12.0 Å². The molecule has 0 amide bonds. The number of amidine groups is 1. The van der Waals surface area contributed by atoms with Crippen LogP contribution in [-0.4, -0.2) is 99.1 Å². The van der Waals surface area contributed by atoms with Gasteiger partial charge in [0.1, 0.15) is 5.84 Å². The quantitative estimate of drug-likeness (QED) is 0.682. The zero-order valence-electron chi connectivity index (χ0n) is 21.9. The van der Waals surface area contributed by atoms with Gasteiger partial charge in [-0.05, 0) is 50.6 Å². The Labute approximate surface area is 215 Å². The molecule has 8 heteroatoms. The average molecular weight is 493 g/mol. The summed E-state index contributed by atoms with van der Waals surface area (Å²) in [6.07, 6.45) is 7.47. The number of aliphatic imine (C=N–C) groups is 2. The van der Waals surface area contributed by atoms with Crippen LogP contribution in [0, 0.1) is 5.92 Å². The minimum Gasteiger partial charge on any atom is -0.493 e. The Morgan fingerprint density at radius 2 is 1.69 bits per heavy atom. The van der Waals surface area contributed by atoms with Crippen LogP contribution in [0.3, 0.4) is 0 Å². The molecule has 1 aromatic carbocycles. The maximum absolute atomic E-state index is 5.64. The molecule has 0 bridgehead atoms. The number of fused-ring (bicyclic) bond motifs is 1. The van der Waals surface area contributed by atoms with Crippen molar-refractivity contribution in [2.45, 2.75) is 37.9 Å². The van der Waals surface area contributed by atoms with Gasteiger partial charge in [0.15, 0.2) is 17.5 Å². The number of ether oxygens (including phenoxy) is 2. The Balaban J connectivity index is 1.33. The van der Waals surface area contributed by atoms with Gasteiger partial charge in [-0.15, -0.1) is 0 Å². The molecular formula is C28H40N6O2. The number of guanidine groups is 1. The van der Waals surface area contributed by atoms with Crippen LogP contribution < -0.4 is 5.32 Å². The second kappa shape index (κ2) is 11.5. The van der Waals surface area contributed by atoms with E-state index in [1.54, 1.807) is 14.2 Å². The van der Waals surface area contributed by atoms with Crippen molar-refractivity contribution < 1.29 is 9.47 Å². The summed E-state index contributed by atoms with van der Waals surface area (Å²) in [7, 11) is 5.57. The highest BCUT2D eigenvalue weighted by atomic mass is 16.5. The number of likely N-dealkylation sites (tertiary alicyclic amines) is 1. The smallest absolute Gasteiger partial charge is 0.200 e. The molecule has 194 valence electrons. The Morgan fingerprint density at radius 3 is 2.44 bits per heavy atom. The Bertz CT molecular complexity index is 1010. The molecule has 0 saturated carbocycles. The number of nitrogens with one attached hydrogen (secondary N) is 1. The summed E-state index contributed by atoms with van der Waals surface area (Å²) >= 11 is 0. The number of benzene rings is 1. The molecule has 2 saturated heterocycles. The van der Waals surface area contributed by atoms with Crippen LogP contribution in [0.5, 0.6) is 0 Å². The number of nitrogens with zero attached hydrogens (tertiary/aromatic N) is 5. The van der Waals surface area contributed by atoms with Gasteiger partial charge in [0, 0.05) is 39.3 Å². The van der Waals surface area contributed by atoms with Gasteiger partial charge >= 0.3 is 0 Å². The summed E-state index contributed by atoms with van der Waals surface area (Å²) < 4.78 is 11.3. The Morgan fingerprint density at radius 1 is 0.944 bits per heavy atom. The normalized spacial score (nSPS) is 27.4. The molecule has 2 fully saturated rings. The highest BCUT2D eigenvalue weighted by Crippen LogP contribution is 2.30. The van der Waals surface area contributed by atoms with Gasteiger partial charge < -0.3 is 24.6 Å². The minimum atomic E-state index is -0.0481. The molecule has 0 aromatic heterocycles. The van der Waals surface area contributed by atoms with Gasteiger partial charge in [-0.1, -0.05) is 30.3 Å². The lowest BCUT2D eigenvalue weighted by atomic mass is 9.90. The molecule has 2 unspecified atom stereocenters. The van der Waals surface area contributed by atoms with Gasteiger partial charge in [0.05, 0.1) is 32.2 Å². The second-order valence-corrected chi connectivity index (χ2v) is 10.2. The van der Waals surface area contributed by atoms with Gasteiger partial charge in [-0.25, -0.2) is 4.99 Å². The van der Waals surface area contributed by atoms with Crippen molar-refractivity contribution >= 4 is 11.8 Å². The number of piperidine rings is 1. The fourth-order valence-electron chi connectivity index (χ4n) is 5.53. The molecule has 0 radical (unpaired) electrons. The molecule has 1 N–H and O–H groups in total. The molecule has 1 aromatic rings. The van der Waals surface area contributed by atoms with Crippen LogP contribution in [0.4, 0.5) is 0 Å². The summed E-state index contributed by atoms with van der Waals surface area (Å²) in [5.74, 6) is 3.46. The van der Waals surface area contributed by atoms with E-state index >= 15 is 0 Å². The van der Waals surface area contributed by atoms with E-state index in [0.717, 1.165) is 88.4 Å². The van der Waals surface area contributed by atoms with Crippen LogP contribution in [0.25, 0.3) is 0 Å². The van der Waals surface area contributed by atoms with E-state index in [0.29, 0.717) is 6.04 Å². The molecule has 3 aliphatic heterocycles. The lowest BCUT2D eigenvalue weighted by Gasteiger charge is -2.37. The highest BCUT2D eigenvalue weighted by molar-refractivity contribution is 6.04. The fraction of sp³-hybridized carbons (Fsp3) is 0.571. The topological polar surface area (TPSA) is 64.9 Å². The first-order valence-corrected chi connectivity index (χ1v) is 13.3. The van der Waals surface area contributed by atoms with Gasteiger partial charge in [0.2, 0.25) is 0 Å². The first kappa shape index (κ1) is 24.8. The zero-order chi connectivity index (χ0) is 24.9. The molecule has 3 heterocycles. The van der Waals surface area contributed by atoms with E-state index in [1.165, 1.54) is 5.56 Å². The third-order valence-electron chi connectivity index (χ3n) is 7.68. The van der Waals surface area contributed by atoms with E-state index in [2.05, 4.69) is 69.5 Å². The third-order valence-corrected chi connectivity index (χ3v) is 7.68. The SMILES string of the molecule is COC1=CC2N=C(N3CCCN(C)CC3)NC(=NC3CCN(Cc4ccccc4)CC3)C2C=C1OC. The molecule has 5 rings (SSSR count). The molecule has 1 aliphatic carbocycles. The Hall–Kier alpha value is -2.84. The van der Waals surface area contributed by atoms with Crippen molar-refractivity contribution in [3.05, 3.63) is 59.6 Å². The first-order chi connectivity index (χ1) is 17.6. The van der Waals surface area contributed by atoms with E-state index < -0.39 is 0 Å². The minimum absolute atomic E-state index is 0.0274. The van der Waals surface area contributed by atoms with E-state index in [4.69, 9.17) is 19.5 Å². The van der Waals surface area contributed by atoms with Crippen molar-refractivity contribution in [3.8, 4) is 0 Å². The van der Waals surface area contributed by atoms with Crippen molar-refractivity contribution in [2.24, 2.45) is 15.9 Å². The molecule has 8 nitrogen and oxygen atoms in total.